The third-order valence-corrected chi connectivity index (χ3v) is 4.61. The molecule has 0 bridgehead atoms. The third-order valence-electron chi connectivity index (χ3n) is 3.07. The maximum absolute atomic E-state index is 12.6. The van der Waals surface area contributed by atoms with Crippen LogP contribution in [0.2, 0.25) is 0 Å². The number of hydrogen-bond acceptors (Lipinski definition) is 7. The number of nitrogens with one attached hydrogen (secondary N) is 1. The van der Waals surface area contributed by atoms with Crippen molar-refractivity contribution in [2.24, 2.45) is 0 Å². The van der Waals surface area contributed by atoms with Gasteiger partial charge in [-0.05, 0) is 25.5 Å². The molecule has 1 aliphatic rings. The predicted octanol–water partition coefficient (Wildman–Crippen LogP) is 1.15. The largest absolute Gasteiger partial charge is 0.305 e. The van der Waals surface area contributed by atoms with Gasteiger partial charge in [-0.25, -0.2) is 9.97 Å². The molecule has 8 heteroatoms. The Kier molecular flexibility index (Phi) is 3.29. The lowest BCUT2D eigenvalue weighted by Crippen LogP contribution is -2.39. The van der Waals surface area contributed by atoms with E-state index in [1.807, 2.05) is 6.92 Å². The molecule has 0 spiro atoms. The molecule has 3 heterocycles. The van der Waals surface area contributed by atoms with Gasteiger partial charge in [0.2, 0.25) is 5.95 Å². The van der Waals surface area contributed by atoms with Crippen molar-refractivity contribution in [3.05, 3.63) is 21.1 Å². The Labute approximate surface area is 118 Å². The van der Waals surface area contributed by atoms with Crippen LogP contribution in [-0.4, -0.2) is 33.8 Å². The summed E-state index contributed by atoms with van der Waals surface area (Å²) in [6.45, 7) is 2.46. The monoisotopic (exact) mass is 295 g/mol. The van der Waals surface area contributed by atoms with Crippen LogP contribution in [0.4, 0.5) is 5.95 Å². The normalized spacial score (nSPS) is 19.4. The molecule has 1 amide bonds. The maximum Gasteiger partial charge on any atom is 0.252 e. The fourth-order valence-electron chi connectivity index (χ4n) is 2.15. The molecule has 0 saturated heterocycles. The van der Waals surface area contributed by atoms with E-state index in [0.29, 0.717) is 12.5 Å². The molecule has 0 aliphatic carbocycles. The highest BCUT2D eigenvalue weighted by molar-refractivity contribution is 7.10. The van der Waals surface area contributed by atoms with E-state index in [2.05, 4.69) is 19.7 Å². The highest BCUT2D eigenvalue weighted by Gasteiger charge is 2.33. The van der Waals surface area contributed by atoms with Crippen LogP contribution in [0.3, 0.4) is 0 Å². The zero-order valence-corrected chi connectivity index (χ0v) is 12.2. The summed E-state index contributed by atoms with van der Waals surface area (Å²) in [5.74, 6) is 0.492. The van der Waals surface area contributed by atoms with Crippen LogP contribution in [0.1, 0.15) is 21.6 Å². The number of aryl methyl sites for hydroxylation is 1. The van der Waals surface area contributed by atoms with Gasteiger partial charge in [0.1, 0.15) is 11.0 Å². The number of anilines is 1. The van der Waals surface area contributed by atoms with Crippen molar-refractivity contribution in [2.75, 3.05) is 18.5 Å². The first-order valence-electron chi connectivity index (χ1n) is 5.92. The van der Waals surface area contributed by atoms with Gasteiger partial charge in [0.25, 0.3) is 5.91 Å². The van der Waals surface area contributed by atoms with Crippen molar-refractivity contribution in [2.45, 2.75) is 19.4 Å². The minimum atomic E-state index is -0.353. The molecule has 1 N–H and O–H groups in total. The van der Waals surface area contributed by atoms with Gasteiger partial charge in [-0.2, -0.15) is 4.37 Å². The van der Waals surface area contributed by atoms with Crippen LogP contribution in [0.5, 0.6) is 0 Å². The molecule has 2 aromatic heterocycles. The third kappa shape index (κ3) is 2.15. The SMILES string of the molecule is CNC1C(=O)N(c2nsc(C)n2)CCc2ncsc21. The van der Waals surface area contributed by atoms with E-state index in [1.165, 1.54) is 22.9 Å². The number of amides is 1. The van der Waals surface area contributed by atoms with Crippen molar-refractivity contribution in [3.8, 4) is 0 Å². The Balaban J connectivity index is 1.98. The predicted molar refractivity (Wildman–Crippen MR) is 74.6 cm³/mol. The standard InChI is InChI=1S/C11H13N5OS2/c1-6-14-11(15-19-6)16-4-3-7-9(18-5-13-7)8(12-2)10(16)17/h5,8,12H,3-4H2,1-2H3. The maximum atomic E-state index is 12.6. The van der Waals surface area contributed by atoms with E-state index in [-0.39, 0.29) is 11.9 Å². The molecule has 0 saturated carbocycles. The van der Waals surface area contributed by atoms with Gasteiger partial charge in [0.15, 0.2) is 0 Å². The molecule has 2 aromatic rings. The van der Waals surface area contributed by atoms with Gasteiger partial charge in [-0.3, -0.25) is 9.69 Å². The van der Waals surface area contributed by atoms with E-state index < -0.39 is 0 Å². The summed E-state index contributed by atoms with van der Waals surface area (Å²) in [7, 11) is 1.79. The van der Waals surface area contributed by atoms with E-state index in [0.717, 1.165) is 22.0 Å². The first kappa shape index (κ1) is 12.6. The summed E-state index contributed by atoms with van der Waals surface area (Å²) in [4.78, 5) is 23.9. The minimum absolute atomic E-state index is 0.0108. The summed E-state index contributed by atoms with van der Waals surface area (Å²) >= 11 is 2.83. The Morgan fingerprint density at radius 2 is 2.37 bits per heavy atom. The molecule has 1 atom stereocenters. The van der Waals surface area contributed by atoms with Gasteiger partial charge < -0.3 is 5.32 Å². The van der Waals surface area contributed by atoms with Gasteiger partial charge >= 0.3 is 0 Å². The van der Waals surface area contributed by atoms with Gasteiger partial charge in [0, 0.05) is 13.0 Å². The van der Waals surface area contributed by atoms with E-state index in [1.54, 1.807) is 17.5 Å². The average Bonchev–Trinajstić information content (AvgIpc) is 2.98. The second kappa shape index (κ2) is 4.95. The summed E-state index contributed by atoms with van der Waals surface area (Å²) in [6.07, 6.45) is 0.737. The molecule has 6 nitrogen and oxygen atoms in total. The average molecular weight is 295 g/mol. The van der Waals surface area contributed by atoms with Gasteiger partial charge in [-0.1, -0.05) is 0 Å². The quantitative estimate of drug-likeness (QED) is 0.900. The smallest absolute Gasteiger partial charge is 0.252 e. The van der Waals surface area contributed by atoms with Crippen molar-refractivity contribution < 1.29 is 4.79 Å². The Hall–Kier alpha value is -1.38. The van der Waals surface area contributed by atoms with Crippen LogP contribution in [0.25, 0.3) is 0 Å². The molecule has 0 radical (unpaired) electrons. The highest BCUT2D eigenvalue weighted by Crippen LogP contribution is 2.29. The first-order valence-corrected chi connectivity index (χ1v) is 7.57. The Bertz CT molecular complexity index is 608. The van der Waals surface area contributed by atoms with Crippen LogP contribution < -0.4 is 10.2 Å². The lowest BCUT2D eigenvalue weighted by molar-refractivity contribution is -0.120. The van der Waals surface area contributed by atoms with Crippen molar-refractivity contribution >= 4 is 34.7 Å². The summed E-state index contributed by atoms with van der Waals surface area (Å²) in [5, 5.41) is 3.93. The fourth-order valence-corrected chi connectivity index (χ4v) is 3.56. The summed E-state index contributed by atoms with van der Waals surface area (Å²) < 4.78 is 4.24. The minimum Gasteiger partial charge on any atom is -0.305 e. The zero-order valence-electron chi connectivity index (χ0n) is 10.6. The molecular formula is C11H13N5OS2. The number of rotatable bonds is 2. The topological polar surface area (TPSA) is 71.0 Å². The number of fused-ring (bicyclic) bond motifs is 1. The van der Waals surface area contributed by atoms with Crippen molar-refractivity contribution in [1.29, 1.82) is 0 Å². The molecule has 1 aliphatic heterocycles. The zero-order chi connectivity index (χ0) is 13.4. The van der Waals surface area contributed by atoms with Crippen molar-refractivity contribution in [1.82, 2.24) is 19.7 Å². The number of carbonyl (C=O) groups excluding carboxylic acids is 1. The fraction of sp³-hybridized carbons (Fsp3) is 0.455. The Morgan fingerprint density at radius 1 is 1.53 bits per heavy atom. The van der Waals surface area contributed by atoms with Crippen LogP contribution in [-0.2, 0) is 11.2 Å². The molecular weight excluding hydrogens is 282 g/mol. The molecule has 100 valence electrons. The molecule has 3 rings (SSSR count). The number of thiazole rings is 1. The van der Waals surface area contributed by atoms with Crippen molar-refractivity contribution in [3.63, 3.8) is 0 Å². The lowest BCUT2D eigenvalue weighted by atomic mass is 10.2. The lowest BCUT2D eigenvalue weighted by Gasteiger charge is -2.20. The summed E-state index contributed by atoms with van der Waals surface area (Å²) in [5.41, 5.74) is 2.79. The number of carbonyl (C=O) groups is 1. The van der Waals surface area contributed by atoms with Crippen LogP contribution >= 0.6 is 22.9 Å². The molecule has 0 aromatic carbocycles. The van der Waals surface area contributed by atoms with Gasteiger partial charge in [-0.15, -0.1) is 11.3 Å². The van der Waals surface area contributed by atoms with Gasteiger partial charge in [0.05, 0.1) is 16.1 Å². The van der Waals surface area contributed by atoms with Crippen LogP contribution in [0, 0.1) is 6.92 Å². The number of hydrogen-bond donors (Lipinski definition) is 1. The van der Waals surface area contributed by atoms with E-state index in [4.69, 9.17) is 0 Å². The van der Waals surface area contributed by atoms with E-state index >= 15 is 0 Å². The second-order valence-electron chi connectivity index (χ2n) is 4.24. The molecule has 1 unspecified atom stereocenters. The Morgan fingerprint density at radius 3 is 3.05 bits per heavy atom. The molecule has 0 fully saturated rings. The number of nitrogens with zero attached hydrogens (tertiary/aromatic N) is 4. The van der Waals surface area contributed by atoms with E-state index in [9.17, 15) is 4.79 Å². The van der Waals surface area contributed by atoms with Crippen LogP contribution in [0.15, 0.2) is 5.51 Å². The first-order chi connectivity index (χ1) is 9.20. The number of likely N-dealkylation sites (N-methyl/N-ethyl adjacent to an activating group) is 1. The summed E-state index contributed by atoms with van der Waals surface area (Å²) in [6, 6.07) is -0.353. The highest BCUT2D eigenvalue weighted by atomic mass is 32.1. The second-order valence-corrected chi connectivity index (χ2v) is 6.08. The number of aromatic nitrogens is 3. The molecule has 19 heavy (non-hydrogen) atoms.